The van der Waals surface area contributed by atoms with Gasteiger partial charge >= 0.3 is 17.9 Å². The molecule has 2 fully saturated rings. The Kier molecular flexibility index (Phi) is 6.06. The summed E-state index contributed by atoms with van der Waals surface area (Å²) in [6.45, 7) is 9.94. The SMILES string of the molecule is CC(=O)OC1=CC2=CC[C@H]3[C@@H]4[C@H](OC(C)=O)C[C@](OC(C)=O)(C(C)=O)[C@@]4(C)CC[C@@H]3[C@@]2(C)CC1. The van der Waals surface area contributed by atoms with Crippen LogP contribution in [0.25, 0.3) is 0 Å². The summed E-state index contributed by atoms with van der Waals surface area (Å²) in [6, 6.07) is 0. The van der Waals surface area contributed by atoms with E-state index in [1.807, 2.05) is 13.0 Å². The second-order valence-electron chi connectivity index (χ2n) is 11.1. The largest absolute Gasteiger partial charge is 0.462 e. The average molecular weight is 473 g/mol. The summed E-state index contributed by atoms with van der Waals surface area (Å²) in [5, 5.41) is 0. The summed E-state index contributed by atoms with van der Waals surface area (Å²) in [5.41, 5.74) is -0.827. The van der Waals surface area contributed by atoms with Crippen LogP contribution in [-0.4, -0.2) is 35.4 Å². The van der Waals surface area contributed by atoms with Crippen molar-refractivity contribution in [3.63, 3.8) is 0 Å². The van der Waals surface area contributed by atoms with Gasteiger partial charge in [0.25, 0.3) is 0 Å². The van der Waals surface area contributed by atoms with Crippen LogP contribution in [0.2, 0.25) is 0 Å². The highest BCUT2D eigenvalue weighted by molar-refractivity contribution is 5.89. The highest BCUT2D eigenvalue weighted by Crippen LogP contribution is 2.68. The van der Waals surface area contributed by atoms with Gasteiger partial charge in [-0.15, -0.1) is 0 Å². The Bertz CT molecular complexity index is 993. The third-order valence-electron chi connectivity index (χ3n) is 9.27. The van der Waals surface area contributed by atoms with E-state index in [4.69, 9.17) is 14.2 Å². The van der Waals surface area contributed by atoms with Gasteiger partial charge in [-0.1, -0.05) is 19.9 Å². The van der Waals surface area contributed by atoms with E-state index in [2.05, 4.69) is 13.0 Å². The number of esters is 3. The average Bonchev–Trinajstić information content (AvgIpc) is 2.95. The standard InChI is InChI=1S/C27H36O7/c1-15(28)27(34-18(4)31)14-23(33-17(3)30)24-21-8-7-19-13-20(32-16(2)29)9-11-25(19,5)22(21)10-12-26(24,27)6/h7,13,21-24H,8-12,14H2,1-6H3/t21-,22+,23-,24-,25+,26+,27+/m1/s1. The lowest BCUT2D eigenvalue weighted by atomic mass is 9.47. The number of allylic oxidation sites excluding steroid dienone is 4. The van der Waals surface area contributed by atoms with Gasteiger partial charge in [-0.2, -0.15) is 0 Å². The number of hydrogen-bond acceptors (Lipinski definition) is 7. The fourth-order valence-corrected chi connectivity index (χ4v) is 7.97. The van der Waals surface area contributed by atoms with Crippen molar-refractivity contribution in [3.05, 3.63) is 23.5 Å². The van der Waals surface area contributed by atoms with Crippen molar-refractivity contribution < 1.29 is 33.4 Å². The van der Waals surface area contributed by atoms with E-state index >= 15 is 0 Å². The van der Waals surface area contributed by atoms with Crippen LogP contribution in [0, 0.1) is 28.6 Å². The Morgan fingerprint density at radius 3 is 2.26 bits per heavy atom. The van der Waals surface area contributed by atoms with Gasteiger partial charge in [0, 0.05) is 44.9 Å². The molecule has 0 heterocycles. The van der Waals surface area contributed by atoms with Gasteiger partial charge in [-0.25, -0.2) is 0 Å². The molecule has 0 amide bonds. The van der Waals surface area contributed by atoms with Crippen LogP contribution in [-0.2, 0) is 33.4 Å². The van der Waals surface area contributed by atoms with Gasteiger partial charge in [-0.3, -0.25) is 19.2 Å². The van der Waals surface area contributed by atoms with E-state index in [1.54, 1.807) is 0 Å². The predicted octanol–water partition coefficient (Wildman–Crippen LogP) is 4.44. The summed E-state index contributed by atoms with van der Waals surface area (Å²) in [7, 11) is 0. The highest BCUT2D eigenvalue weighted by Gasteiger charge is 2.71. The molecule has 0 aromatic heterocycles. The van der Waals surface area contributed by atoms with Crippen molar-refractivity contribution in [1.82, 2.24) is 0 Å². The summed E-state index contributed by atoms with van der Waals surface area (Å²) in [4.78, 5) is 48.8. The zero-order chi connectivity index (χ0) is 25.1. The van der Waals surface area contributed by atoms with Gasteiger partial charge in [-0.05, 0) is 61.5 Å². The van der Waals surface area contributed by atoms with E-state index in [1.165, 1.54) is 33.3 Å². The van der Waals surface area contributed by atoms with E-state index < -0.39 is 23.1 Å². The van der Waals surface area contributed by atoms with Crippen molar-refractivity contribution in [1.29, 1.82) is 0 Å². The van der Waals surface area contributed by atoms with Crippen LogP contribution >= 0.6 is 0 Å². The Hall–Kier alpha value is -2.44. The van der Waals surface area contributed by atoms with Crippen LogP contribution in [0.3, 0.4) is 0 Å². The normalized spacial score (nSPS) is 40.5. The number of ketones is 1. The Morgan fingerprint density at radius 1 is 0.971 bits per heavy atom. The van der Waals surface area contributed by atoms with Crippen molar-refractivity contribution in [3.8, 4) is 0 Å². The maximum Gasteiger partial charge on any atom is 0.307 e. The lowest BCUT2D eigenvalue weighted by Gasteiger charge is -2.58. The number of fused-ring (bicyclic) bond motifs is 5. The second kappa shape index (κ2) is 8.35. The number of carbonyl (C=O) groups excluding carboxylic acids is 4. The molecule has 7 nitrogen and oxygen atoms in total. The fraction of sp³-hybridized carbons (Fsp3) is 0.704. The van der Waals surface area contributed by atoms with E-state index in [0.717, 1.165) is 19.3 Å². The molecule has 2 saturated carbocycles. The van der Waals surface area contributed by atoms with Crippen LogP contribution in [0.1, 0.15) is 80.1 Å². The molecule has 0 saturated heterocycles. The molecular formula is C27H36O7. The van der Waals surface area contributed by atoms with Gasteiger partial charge in [0.2, 0.25) is 0 Å². The maximum absolute atomic E-state index is 13.1. The minimum Gasteiger partial charge on any atom is -0.462 e. The molecule has 186 valence electrons. The first kappa shape index (κ1) is 24.7. The first-order valence-electron chi connectivity index (χ1n) is 12.3. The third-order valence-corrected chi connectivity index (χ3v) is 9.27. The number of Topliss-reactive ketones (excluding diaryl/α,β-unsaturated/α-hetero) is 1. The number of ether oxygens (including phenoxy) is 3. The molecule has 4 rings (SSSR count). The van der Waals surface area contributed by atoms with Crippen molar-refractivity contribution in [2.45, 2.75) is 91.8 Å². The summed E-state index contributed by atoms with van der Waals surface area (Å²) in [6.07, 6.45) is 7.86. The molecule has 4 aliphatic carbocycles. The zero-order valence-corrected chi connectivity index (χ0v) is 21.1. The summed E-state index contributed by atoms with van der Waals surface area (Å²) in [5.74, 6) is -0.273. The molecule has 4 aliphatic rings. The molecule has 7 atom stereocenters. The van der Waals surface area contributed by atoms with Crippen LogP contribution < -0.4 is 0 Å². The summed E-state index contributed by atoms with van der Waals surface area (Å²) >= 11 is 0. The van der Waals surface area contributed by atoms with Crippen molar-refractivity contribution >= 4 is 23.7 Å². The number of rotatable bonds is 4. The van der Waals surface area contributed by atoms with Crippen LogP contribution in [0.4, 0.5) is 0 Å². The second-order valence-corrected chi connectivity index (χ2v) is 11.1. The first-order chi connectivity index (χ1) is 15.8. The van der Waals surface area contributed by atoms with Gasteiger partial charge < -0.3 is 14.2 Å². The molecule has 0 N–H and O–H groups in total. The molecule has 0 radical (unpaired) electrons. The predicted molar refractivity (Wildman–Crippen MR) is 123 cm³/mol. The van der Waals surface area contributed by atoms with Gasteiger partial charge in [0.15, 0.2) is 11.4 Å². The minimum absolute atomic E-state index is 0.0996. The van der Waals surface area contributed by atoms with Crippen LogP contribution in [0.15, 0.2) is 23.5 Å². The summed E-state index contributed by atoms with van der Waals surface area (Å²) < 4.78 is 17.1. The molecule has 0 unspecified atom stereocenters. The minimum atomic E-state index is -1.30. The Balaban J connectivity index is 1.77. The molecule has 0 aromatic rings. The quantitative estimate of drug-likeness (QED) is 0.441. The van der Waals surface area contributed by atoms with Crippen molar-refractivity contribution in [2.75, 3.05) is 0 Å². The number of hydrogen-bond donors (Lipinski definition) is 0. The molecule has 0 spiro atoms. The van der Waals surface area contributed by atoms with Crippen LogP contribution in [0.5, 0.6) is 0 Å². The topological polar surface area (TPSA) is 96.0 Å². The molecule has 0 aliphatic heterocycles. The Morgan fingerprint density at radius 2 is 1.68 bits per heavy atom. The van der Waals surface area contributed by atoms with E-state index in [0.29, 0.717) is 24.5 Å². The Labute approximate surface area is 201 Å². The molecule has 0 bridgehead atoms. The maximum atomic E-state index is 13.1. The fourth-order valence-electron chi connectivity index (χ4n) is 7.97. The highest BCUT2D eigenvalue weighted by atomic mass is 16.6. The van der Waals surface area contributed by atoms with Gasteiger partial charge in [0.1, 0.15) is 11.9 Å². The molecule has 7 heteroatoms. The third kappa shape index (κ3) is 3.62. The van der Waals surface area contributed by atoms with E-state index in [9.17, 15) is 19.2 Å². The lowest BCUT2D eigenvalue weighted by molar-refractivity contribution is -0.187. The number of carbonyl (C=O) groups is 4. The molecule has 34 heavy (non-hydrogen) atoms. The first-order valence-corrected chi connectivity index (χ1v) is 12.3. The molecular weight excluding hydrogens is 436 g/mol. The zero-order valence-electron chi connectivity index (χ0n) is 21.1. The monoisotopic (exact) mass is 472 g/mol. The smallest absolute Gasteiger partial charge is 0.307 e. The van der Waals surface area contributed by atoms with Gasteiger partial charge in [0.05, 0.1) is 0 Å². The van der Waals surface area contributed by atoms with E-state index in [-0.39, 0.29) is 41.4 Å². The van der Waals surface area contributed by atoms with Crippen molar-refractivity contribution in [2.24, 2.45) is 28.6 Å². The lowest BCUT2D eigenvalue weighted by Crippen LogP contribution is -2.58. The molecule has 0 aromatic carbocycles.